The zero-order valence-electron chi connectivity index (χ0n) is 17.8. The second-order valence-corrected chi connectivity index (χ2v) is 10.9. The number of carbonyl (C=O) groups excluding carboxylic acids is 1. The van der Waals surface area contributed by atoms with E-state index in [1.807, 2.05) is 49.1 Å². The van der Waals surface area contributed by atoms with Gasteiger partial charge in [-0.2, -0.15) is 5.10 Å². The molecule has 0 aliphatic carbocycles. The molecule has 1 unspecified atom stereocenters. The van der Waals surface area contributed by atoms with Crippen LogP contribution in [0.5, 0.6) is 0 Å². The van der Waals surface area contributed by atoms with Gasteiger partial charge in [-0.05, 0) is 39.2 Å². The summed E-state index contributed by atoms with van der Waals surface area (Å²) >= 11 is 0. The summed E-state index contributed by atoms with van der Waals surface area (Å²) in [5.74, 6) is 0.226. The summed E-state index contributed by atoms with van der Waals surface area (Å²) in [6, 6.07) is 9.67. The van der Waals surface area contributed by atoms with E-state index in [0.717, 1.165) is 42.4 Å². The molecule has 5 rings (SSSR count). The Bertz CT molecular complexity index is 1270. The smallest absolute Gasteiger partial charge is 0.254 e. The number of aromatic nitrogens is 3. The van der Waals surface area contributed by atoms with Gasteiger partial charge in [0, 0.05) is 18.7 Å². The molecule has 0 bridgehead atoms. The standard InChI is InChI=1S/C23H26N4O3S/c1-15-5-7-17(8-6-15)20-13-19(23(28)26-10-3-4-11-26)21-16(2)25-27(22(21)24-20)18-9-12-31(29,30)14-18/h5-8,13,18H,3-4,9-12,14H2,1-2H3. The molecule has 0 N–H and O–H groups in total. The number of carbonyl (C=O) groups is 1. The molecule has 3 aromatic rings. The van der Waals surface area contributed by atoms with E-state index in [1.54, 1.807) is 4.68 Å². The minimum atomic E-state index is -3.07. The predicted octanol–water partition coefficient (Wildman–Crippen LogP) is 3.31. The van der Waals surface area contributed by atoms with Crippen molar-refractivity contribution in [2.75, 3.05) is 24.6 Å². The van der Waals surface area contributed by atoms with Crippen molar-refractivity contribution in [3.63, 3.8) is 0 Å². The molecule has 7 nitrogen and oxygen atoms in total. The Labute approximate surface area is 182 Å². The first kappa shape index (κ1) is 20.2. The lowest BCUT2D eigenvalue weighted by Crippen LogP contribution is -2.28. The quantitative estimate of drug-likeness (QED) is 0.626. The zero-order valence-corrected chi connectivity index (χ0v) is 18.7. The Morgan fingerprint density at radius 2 is 1.81 bits per heavy atom. The number of pyridine rings is 1. The number of rotatable bonds is 3. The number of aryl methyl sites for hydroxylation is 2. The molecule has 8 heteroatoms. The largest absolute Gasteiger partial charge is 0.339 e. The molecule has 0 saturated carbocycles. The number of nitrogens with zero attached hydrogens (tertiary/aromatic N) is 4. The minimum absolute atomic E-state index is 0.0000415. The Morgan fingerprint density at radius 3 is 2.45 bits per heavy atom. The SMILES string of the molecule is Cc1ccc(-c2cc(C(=O)N3CCCC3)c3c(C)nn(C4CCS(=O)(=O)C4)c3n2)cc1. The van der Waals surface area contributed by atoms with Gasteiger partial charge in [-0.15, -0.1) is 0 Å². The van der Waals surface area contributed by atoms with Gasteiger partial charge < -0.3 is 4.90 Å². The van der Waals surface area contributed by atoms with Crippen LogP contribution in [0.1, 0.15) is 46.9 Å². The maximum atomic E-state index is 13.4. The van der Waals surface area contributed by atoms with E-state index < -0.39 is 9.84 Å². The van der Waals surface area contributed by atoms with Crippen molar-refractivity contribution in [2.45, 2.75) is 39.2 Å². The van der Waals surface area contributed by atoms with Crippen LogP contribution in [0.15, 0.2) is 30.3 Å². The highest BCUT2D eigenvalue weighted by Crippen LogP contribution is 2.33. The second kappa shape index (κ2) is 7.44. The maximum absolute atomic E-state index is 13.4. The molecule has 2 aliphatic rings. The lowest BCUT2D eigenvalue weighted by atomic mass is 10.0. The van der Waals surface area contributed by atoms with Gasteiger partial charge in [0.1, 0.15) is 0 Å². The van der Waals surface area contributed by atoms with Crippen molar-refractivity contribution in [3.05, 3.63) is 47.2 Å². The molecule has 2 saturated heterocycles. The van der Waals surface area contributed by atoms with E-state index in [1.165, 1.54) is 0 Å². The molecule has 4 heterocycles. The van der Waals surface area contributed by atoms with Gasteiger partial charge in [-0.25, -0.2) is 18.1 Å². The molecule has 1 amide bonds. The number of amides is 1. The van der Waals surface area contributed by atoms with Crippen molar-refractivity contribution in [1.29, 1.82) is 0 Å². The summed E-state index contributed by atoms with van der Waals surface area (Å²) in [7, 11) is -3.07. The van der Waals surface area contributed by atoms with Crippen molar-refractivity contribution in [2.24, 2.45) is 0 Å². The van der Waals surface area contributed by atoms with Crippen LogP contribution in [0.25, 0.3) is 22.3 Å². The predicted molar refractivity (Wildman–Crippen MR) is 120 cm³/mol. The van der Waals surface area contributed by atoms with Crippen molar-refractivity contribution in [1.82, 2.24) is 19.7 Å². The van der Waals surface area contributed by atoms with Crippen LogP contribution in [-0.2, 0) is 9.84 Å². The Hall–Kier alpha value is -2.74. The average molecular weight is 439 g/mol. The fourth-order valence-corrected chi connectivity index (χ4v) is 6.36. The fraction of sp³-hybridized carbons (Fsp3) is 0.435. The Balaban J connectivity index is 1.72. The summed E-state index contributed by atoms with van der Waals surface area (Å²) in [4.78, 5) is 20.2. The van der Waals surface area contributed by atoms with Gasteiger partial charge >= 0.3 is 0 Å². The van der Waals surface area contributed by atoms with E-state index in [4.69, 9.17) is 4.98 Å². The minimum Gasteiger partial charge on any atom is -0.339 e. The van der Waals surface area contributed by atoms with Gasteiger partial charge in [0.05, 0.1) is 39.9 Å². The van der Waals surface area contributed by atoms with Crippen LogP contribution < -0.4 is 0 Å². The molecule has 1 atom stereocenters. The summed E-state index contributed by atoms with van der Waals surface area (Å²) in [6.07, 6.45) is 2.55. The molecule has 0 spiro atoms. The van der Waals surface area contributed by atoms with Crippen LogP contribution in [0.3, 0.4) is 0 Å². The molecule has 1 aromatic carbocycles. The highest BCUT2D eigenvalue weighted by Gasteiger charge is 2.33. The highest BCUT2D eigenvalue weighted by molar-refractivity contribution is 7.91. The lowest BCUT2D eigenvalue weighted by Gasteiger charge is -2.17. The third-order valence-electron chi connectivity index (χ3n) is 6.36. The summed E-state index contributed by atoms with van der Waals surface area (Å²) in [5, 5.41) is 5.41. The van der Waals surface area contributed by atoms with Crippen LogP contribution in [0.4, 0.5) is 0 Å². The van der Waals surface area contributed by atoms with Gasteiger partial charge in [0.15, 0.2) is 15.5 Å². The number of hydrogen-bond donors (Lipinski definition) is 0. The van der Waals surface area contributed by atoms with Crippen molar-refractivity contribution in [3.8, 4) is 11.3 Å². The summed E-state index contributed by atoms with van der Waals surface area (Å²) in [6.45, 7) is 5.42. The molecule has 162 valence electrons. The van der Waals surface area contributed by atoms with Crippen LogP contribution in [0.2, 0.25) is 0 Å². The first-order valence-corrected chi connectivity index (χ1v) is 12.6. The number of fused-ring (bicyclic) bond motifs is 1. The first-order valence-electron chi connectivity index (χ1n) is 10.8. The fourth-order valence-electron chi connectivity index (χ4n) is 4.67. The van der Waals surface area contributed by atoms with Gasteiger partial charge in [-0.3, -0.25) is 4.79 Å². The molecule has 0 radical (unpaired) electrons. The van der Waals surface area contributed by atoms with Gasteiger partial charge in [-0.1, -0.05) is 29.8 Å². The topological polar surface area (TPSA) is 85.2 Å². The normalized spacial score (nSPS) is 20.6. The molecule has 2 aliphatic heterocycles. The lowest BCUT2D eigenvalue weighted by molar-refractivity contribution is 0.0794. The molecular formula is C23H26N4O3S. The highest BCUT2D eigenvalue weighted by atomic mass is 32.2. The van der Waals surface area contributed by atoms with Gasteiger partial charge in [0.25, 0.3) is 5.91 Å². The van der Waals surface area contributed by atoms with Crippen LogP contribution in [-0.4, -0.2) is 58.6 Å². The molecular weight excluding hydrogens is 412 g/mol. The first-order chi connectivity index (χ1) is 14.8. The summed E-state index contributed by atoms with van der Waals surface area (Å²) in [5.41, 5.74) is 4.69. The number of likely N-dealkylation sites (tertiary alicyclic amines) is 1. The molecule has 2 aromatic heterocycles. The molecule has 2 fully saturated rings. The molecule has 31 heavy (non-hydrogen) atoms. The van der Waals surface area contributed by atoms with Crippen LogP contribution in [0, 0.1) is 13.8 Å². The van der Waals surface area contributed by atoms with E-state index in [9.17, 15) is 13.2 Å². The van der Waals surface area contributed by atoms with E-state index >= 15 is 0 Å². The monoisotopic (exact) mass is 438 g/mol. The van der Waals surface area contributed by atoms with Gasteiger partial charge in [0.2, 0.25) is 0 Å². The second-order valence-electron chi connectivity index (χ2n) is 8.71. The number of benzene rings is 1. The van der Waals surface area contributed by atoms with Crippen molar-refractivity contribution >= 4 is 26.8 Å². The third kappa shape index (κ3) is 3.63. The maximum Gasteiger partial charge on any atom is 0.254 e. The number of sulfone groups is 1. The third-order valence-corrected chi connectivity index (χ3v) is 8.11. The Kier molecular flexibility index (Phi) is 4.84. The van der Waals surface area contributed by atoms with E-state index in [2.05, 4.69) is 5.10 Å². The zero-order chi connectivity index (χ0) is 21.8. The summed E-state index contributed by atoms with van der Waals surface area (Å²) < 4.78 is 26.0. The van der Waals surface area contributed by atoms with Crippen LogP contribution >= 0.6 is 0 Å². The average Bonchev–Trinajstić information content (AvgIpc) is 3.47. The number of hydrogen-bond acceptors (Lipinski definition) is 5. The van der Waals surface area contributed by atoms with Crippen molar-refractivity contribution < 1.29 is 13.2 Å². The Morgan fingerprint density at radius 1 is 1.10 bits per heavy atom. The van der Waals surface area contributed by atoms with E-state index in [0.29, 0.717) is 29.0 Å². The van der Waals surface area contributed by atoms with E-state index in [-0.39, 0.29) is 23.5 Å².